The van der Waals surface area contributed by atoms with Gasteiger partial charge in [0.15, 0.2) is 0 Å². The van der Waals surface area contributed by atoms with Crippen LogP contribution in [0.1, 0.15) is 56.8 Å². The Bertz CT molecular complexity index is 680. The van der Waals surface area contributed by atoms with Crippen molar-refractivity contribution in [3.63, 3.8) is 0 Å². The van der Waals surface area contributed by atoms with E-state index in [9.17, 15) is 14.4 Å². The summed E-state index contributed by atoms with van der Waals surface area (Å²) in [6.07, 6.45) is 3.36. The monoisotopic (exact) mass is 403 g/mol. The van der Waals surface area contributed by atoms with Crippen LogP contribution in [0.4, 0.5) is 0 Å². The second-order valence-electron chi connectivity index (χ2n) is 7.73. The molecule has 1 aliphatic heterocycles. The average Bonchev–Trinajstić information content (AvgIpc) is 2.72. The number of amides is 3. The Hall–Kier alpha value is -2.57. The summed E-state index contributed by atoms with van der Waals surface area (Å²) in [6.45, 7) is 7.66. The van der Waals surface area contributed by atoms with Gasteiger partial charge >= 0.3 is 0 Å². The maximum atomic E-state index is 12.4. The van der Waals surface area contributed by atoms with Crippen LogP contribution in [0.25, 0.3) is 0 Å². The molecule has 0 radical (unpaired) electrons. The van der Waals surface area contributed by atoms with Gasteiger partial charge in [0.1, 0.15) is 5.75 Å². The van der Waals surface area contributed by atoms with Crippen LogP contribution in [0, 0.1) is 5.92 Å². The van der Waals surface area contributed by atoms with Crippen LogP contribution in [-0.4, -0.2) is 54.9 Å². The minimum Gasteiger partial charge on any atom is -0.494 e. The van der Waals surface area contributed by atoms with Crippen molar-refractivity contribution in [3.05, 3.63) is 29.8 Å². The van der Waals surface area contributed by atoms with Crippen molar-refractivity contribution in [2.45, 2.75) is 52.5 Å². The molecule has 1 aromatic carbocycles. The molecular weight excluding hydrogens is 370 g/mol. The van der Waals surface area contributed by atoms with Crippen LogP contribution in [0.3, 0.4) is 0 Å². The Kier molecular flexibility index (Phi) is 8.96. The summed E-state index contributed by atoms with van der Waals surface area (Å²) in [5.74, 6) is 0.331. The van der Waals surface area contributed by atoms with Gasteiger partial charge in [-0.3, -0.25) is 14.4 Å². The summed E-state index contributed by atoms with van der Waals surface area (Å²) in [7, 11) is 0. The van der Waals surface area contributed by atoms with Gasteiger partial charge in [-0.15, -0.1) is 0 Å². The normalized spacial score (nSPS) is 14.6. The molecule has 0 spiro atoms. The zero-order valence-electron chi connectivity index (χ0n) is 17.7. The van der Waals surface area contributed by atoms with Crippen molar-refractivity contribution in [1.82, 2.24) is 15.5 Å². The van der Waals surface area contributed by atoms with Gasteiger partial charge in [-0.05, 0) is 57.4 Å². The second-order valence-corrected chi connectivity index (χ2v) is 7.73. The van der Waals surface area contributed by atoms with E-state index in [-0.39, 0.29) is 36.2 Å². The number of nitrogens with one attached hydrogen (secondary N) is 2. The molecule has 0 atom stereocenters. The number of benzene rings is 1. The highest BCUT2D eigenvalue weighted by atomic mass is 16.5. The molecule has 1 aliphatic rings. The number of carbonyl (C=O) groups excluding carboxylic acids is 3. The first-order valence-corrected chi connectivity index (χ1v) is 10.5. The van der Waals surface area contributed by atoms with Crippen molar-refractivity contribution < 1.29 is 19.1 Å². The highest BCUT2D eigenvalue weighted by Gasteiger charge is 2.27. The Morgan fingerprint density at radius 3 is 2.38 bits per heavy atom. The highest BCUT2D eigenvalue weighted by Crippen LogP contribution is 2.18. The summed E-state index contributed by atoms with van der Waals surface area (Å²) < 4.78 is 5.58. The highest BCUT2D eigenvalue weighted by molar-refractivity contribution is 5.96. The van der Waals surface area contributed by atoms with Gasteiger partial charge in [0.2, 0.25) is 11.8 Å². The van der Waals surface area contributed by atoms with Crippen molar-refractivity contribution in [3.8, 4) is 5.75 Å². The fraction of sp³-hybridized carbons (Fsp3) is 0.591. The standard InChI is InChI=1S/C22H33N3O4/c1-4-5-14-29-19-8-6-17(7-9-19)21(27)23-15-20(26)25-12-10-18(11-13-25)22(28)24-16(2)3/h6-9,16,18H,4-5,10-15H2,1-3H3,(H,23,27)(H,24,28). The zero-order chi connectivity index (χ0) is 21.2. The van der Waals surface area contributed by atoms with Gasteiger partial charge in [0.25, 0.3) is 5.91 Å². The summed E-state index contributed by atoms with van der Waals surface area (Å²) >= 11 is 0. The number of nitrogens with zero attached hydrogens (tertiary/aromatic N) is 1. The van der Waals surface area contributed by atoms with Crippen LogP contribution in [0.15, 0.2) is 24.3 Å². The Morgan fingerprint density at radius 2 is 1.79 bits per heavy atom. The van der Waals surface area contributed by atoms with E-state index in [0.29, 0.717) is 38.1 Å². The second kappa shape index (κ2) is 11.4. The molecule has 0 bridgehead atoms. The van der Waals surface area contributed by atoms with Crippen LogP contribution in [0.2, 0.25) is 0 Å². The van der Waals surface area contributed by atoms with E-state index >= 15 is 0 Å². The van der Waals surface area contributed by atoms with Crippen molar-refractivity contribution in [1.29, 1.82) is 0 Å². The number of rotatable bonds is 9. The fourth-order valence-corrected chi connectivity index (χ4v) is 3.20. The quantitative estimate of drug-likeness (QED) is 0.620. The minimum absolute atomic E-state index is 0.0452. The van der Waals surface area contributed by atoms with Gasteiger partial charge in [-0.2, -0.15) is 0 Å². The molecule has 0 aliphatic carbocycles. The minimum atomic E-state index is -0.287. The topological polar surface area (TPSA) is 87.7 Å². The van der Waals surface area contributed by atoms with Crippen LogP contribution >= 0.6 is 0 Å². The predicted molar refractivity (Wildman–Crippen MR) is 112 cm³/mol. The van der Waals surface area contributed by atoms with Gasteiger partial charge in [0, 0.05) is 30.6 Å². The molecule has 1 heterocycles. The average molecular weight is 404 g/mol. The Labute approximate surface area is 173 Å². The molecule has 1 saturated heterocycles. The van der Waals surface area contributed by atoms with E-state index in [1.807, 2.05) is 13.8 Å². The third-order valence-corrected chi connectivity index (χ3v) is 4.93. The number of likely N-dealkylation sites (tertiary alicyclic amines) is 1. The van der Waals surface area contributed by atoms with E-state index < -0.39 is 0 Å². The molecule has 7 heteroatoms. The number of carbonyl (C=O) groups is 3. The summed E-state index contributed by atoms with van der Waals surface area (Å²) in [6, 6.07) is 7.04. The lowest BCUT2D eigenvalue weighted by Crippen LogP contribution is -2.47. The third kappa shape index (κ3) is 7.40. The fourth-order valence-electron chi connectivity index (χ4n) is 3.20. The predicted octanol–water partition coefficient (Wildman–Crippen LogP) is 2.36. The van der Waals surface area contributed by atoms with E-state index in [1.54, 1.807) is 29.2 Å². The summed E-state index contributed by atoms with van der Waals surface area (Å²) in [5, 5.41) is 5.60. The van der Waals surface area contributed by atoms with Crippen molar-refractivity contribution in [2.24, 2.45) is 5.92 Å². The molecular formula is C22H33N3O4. The summed E-state index contributed by atoms with van der Waals surface area (Å²) in [4.78, 5) is 38.4. The Morgan fingerprint density at radius 1 is 1.14 bits per heavy atom. The lowest BCUT2D eigenvalue weighted by molar-refractivity contribution is -0.135. The maximum Gasteiger partial charge on any atom is 0.251 e. The van der Waals surface area contributed by atoms with E-state index in [0.717, 1.165) is 18.6 Å². The number of piperidine rings is 1. The van der Waals surface area contributed by atoms with E-state index in [2.05, 4.69) is 17.6 Å². The number of hydrogen-bond donors (Lipinski definition) is 2. The van der Waals surface area contributed by atoms with Gasteiger partial charge in [-0.1, -0.05) is 13.3 Å². The third-order valence-electron chi connectivity index (χ3n) is 4.93. The van der Waals surface area contributed by atoms with Crippen molar-refractivity contribution >= 4 is 17.7 Å². The van der Waals surface area contributed by atoms with Gasteiger partial charge < -0.3 is 20.3 Å². The summed E-state index contributed by atoms with van der Waals surface area (Å²) in [5.41, 5.74) is 0.490. The maximum absolute atomic E-state index is 12.4. The molecule has 2 rings (SSSR count). The molecule has 0 saturated carbocycles. The number of unbranched alkanes of at least 4 members (excludes halogenated alkanes) is 1. The largest absolute Gasteiger partial charge is 0.494 e. The SMILES string of the molecule is CCCCOc1ccc(C(=O)NCC(=O)N2CCC(C(=O)NC(C)C)CC2)cc1. The van der Waals surface area contributed by atoms with Crippen LogP contribution in [0.5, 0.6) is 5.75 Å². The van der Waals surface area contributed by atoms with E-state index in [4.69, 9.17) is 4.74 Å². The lowest BCUT2D eigenvalue weighted by atomic mass is 9.95. The molecule has 1 fully saturated rings. The Balaban J connectivity index is 1.73. The number of ether oxygens (including phenoxy) is 1. The molecule has 2 N–H and O–H groups in total. The van der Waals surface area contributed by atoms with Gasteiger partial charge in [0.05, 0.1) is 13.2 Å². The molecule has 1 aromatic rings. The van der Waals surface area contributed by atoms with Crippen molar-refractivity contribution in [2.75, 3.05) is 26.2 Å². The molecule has 0 aromatic heterocycles. The smallest absolute Gasteiger partial charge is 0.251 e. The first-order valence-electron chi connectivity index (χ1n) is 10.5. The molecule has 160 valence electrons. The zero-order valence-corrected chi connectivity index (χ0v) is 17.7. The first kappa shape index (κ1) is 22.7. The molecule has 29 heavy (non-hydrogen) atoms. The first-order chi connectivity index (χ1) is 13.9. The van der Waals surface area contributed by atoms with Crippen LogP contribution in [-0.2, 0) is 9.59 Å². The van der Waals surface area contributed by atoms with E-state index in [1.165, 1.54) is 0 Å². The van der Waals surface area contributed by atoms with Crippen LogP contribution < -0.4 is 15.4 Å². The lowest BCUT2D eigenvalue weighted by Gasteiger charge is -2.31. The molecule has 0 unspecified atom stereocenters. The van der Waals surface area contributed by atoms with Gasteiger partial charge in [-0.25, -0.2) is 0 Å². The molecule has 7 nitrogen and oxygen atoms in total. The number of hydrogen-bond acceptors (Lipinski definition) is 4. The molecule has 3 amide bonds.